The van der Waals surface area contributed by atoms with Crippen LogP contribution in [0.4, 0.5) is 0 Å². The molecule has 0 saturated carbocycles. The highest BCUT2D eigenvalue weighted by molar-refractivity contribution is 7.76. The van der Waals surface area contributed by atoms with Gasteiger partial charge in [-0.25, -0.2) is 0 Å². The van der Waals surface area contributed by atoms with Gasteiger partial charge in [0.2, 0.25) is 0 Å². The maximum Gasteiger partial charge on any atom is 0.277 e. The van der Waals surface area contributed by atoms with Crippen molar-refractivity contribution in [2.45, 2.75) is 39.9 Å². The van der Waals surface area contributed by atoms with Crippen LogP contribution in [0.15, 0.2) is 0 Å². The molecule has 0 rings (SSSR count). The molecular formula is C6H14ClO2P. The maximum atomic E-state index is 5.69. The van der Waals surface area contributed by atoms with Crippen molar-refractivity contribution in [1.29, 1.82) is 0 Å². The van der Waals surface area contributed by atoms with Gasteiger partial charge in [0.15, 0.2) is 0 Å². The molecule has 0 N–H and O–H groups in total. The molecule has 0 bridgehead atoms. The van der Waals surface area contributed by atoms with Gasteiger partial charge < -0.3 is 9.05 Å². The smallest absolute Gasteiger partial charge is 0.277 e. The molecule has 0 spiro atoms. The quantitative estimate of drug-likeness (QED) is 0.624. The Morgan fingerprint density at radius 2 is 1.30 bits per heavy atom. The average molecular weight is 185 g/mol. The second-order valence-corrected chi connectivity index (χ2v) is 4.20. The van der Waals surface area contributed by atoms with Crippen LogP contribution in [0.1, 0.15) is 27.7 Å². The van der Waals surface area contributed by atoms with Crippen LogP contribution in [0, 0.1) is 0 Å². The lowest BCUT2D eigenvalue weighted by Crippen LogP contribution is -2.01. The van der Waals surface area contributed by atoms with E-state index in [4.69, 9.17) is 20.3 Å². The van der Waals surface area contributed by atoms with Crippen molar-refractivity contribution in [2.24, 2.45) is 0 Å². The molecule has 0 fully saturated rings. The van der Waals surface area contributed by atoms with Gasteiger partial charge >= 0.3 is 0 Å². The molecule has 0 aromatic heterocycles. The lowest BCUT2D eigenvalue weighted by atomic mass is 10.5. The maximum absolute atomic E-state index is 5.69. The number of rotatable bonds is 4. The molecule has 0 aliphatic rings. The molecule has 0 aromatic rings. The van der Waals surface area contributed by atoms with Crippen LogP contribution in [0.2, 0.25) is 0 Å². The normalized spacial score (nSPS) is 12.0. The highest BCUT2D eigenvalue weighted by Gasteiger charge is 2.09. The molecule has 10 heavy (non-hydrogen) atoms. The Hall–Kier alpha value is 0.640. The monoisotopic (exact) mass is 184 g/mol. The molecule has 2 nitrogen and oxygen atoms in total. The molecule has 62 valence electrons. The lowest BCUT2D eigenvalue weighted by Gasteiger charge is -2.14. The third-order valence-corrected chi connectivity index (χ3v) is 2.24. The summed E-state index contributed by atoms with van der Waals surface area (Å²) in [6, 6.07) is 0. The predicted octanol–water partition coefficient (Wildman–Crippen LogP) is 3.30. The van der Waals surface area contributed by atoms with Crippen molar-refractivity contribution in [3.05, 3.63) is 0 Å². The third kappa shape index (κ3) is 6.76. The van der Waals surface area contributed by atoms with E-state index in [9.17, 15) is 0 Å². The Balaban J connectivity index is 3.34. The second kappa shape index (κ2) is 5.31. The molecule has 0 heterocycles. The summed E-state index contributed by atoms with van der Waals surface area (Å²) in [5.41, 5.74) is 0. The molecule has 0 saturated heterocycles. The highest BCUT2D eigenvalue weighted by atomic mass is 35.7. The minimum atomic E-state index is -1.19. The van der Waals surface area contributed by atoms with Gasteiger partial charge in [-0.2, -0.15) is 0 Å². The van der Waals surface area contributed by atoms with Crippen LogP contribution in [0.3, 0.4) is 0 Å². The summed E-state index contributed by atoms with van der Waals surface area (Å²) in [5, 5.41) is 0. The molecule has 0 aliphatic carbocycles. The summed E-state index contributed by atoms with van der Waals surface area (Å²) in [5.74, 6) is 0. The topological polar surface area (TPSA) is 18.5 Å². The predicted molar refractivity (Wildman–Crippen MR) is 45.2 cm³/mol. The summed E-state index contributed by atoms with van der Waals surface area (Å²) in [4.78, 5) is 0. The van der Waals surface area contributed by atoms with Gasteiger partial charge in [-0.3, -0.25) is 0 Å². The summed E-state index contributed by atoms with van der Waals surface area (Å²) in [6.07, 6.45) is 0.282. The average Bonchev–Trinajstić information content (AvgIpc) is 1.58. The SMILES string of the molecule is CC(C)OP(Cl)OC(C)C. The number of halogens is 1. The van der Waals surface area contributed by atoms with Gasteiger partial charge in [0.1, 0.15) is 0 Å². The minimum Gasteiger partial charge on any atom is -0.319 e. The zero-order chi connectivity index (χ0) is 8.15. The van der Waals surface area contributed by atoms with E-state index in [1.54, 1.807) is 0 Å². The van der Waals surface area contributed by atoms with Crippen molar-refractivity contribution in [3.63, 3.8) is 0 Å². The van der Waals surface area contributed by atoms with E-state index in [0.29, 0.717) is 0 Å². The van der Waals surface area contributed by atoms with E-state index in [-0.39, 0.29) is 12.2 Å². The van der Waals surface area contributed by atoms with Gasteiger partial charge in [0.05, 0.1) is 12.2 Å². The van der Waals surface area contributed by atoms with E-state index in [1.807, 2.05) is 27.7 Å². The summed E-state index contributed by atoms with van der Waals surface area (Å²) in [6.45, 7) is 7.73. The van der Waals surface area contributed by atoms with Crippen molar-refractivity contribution in [1.82, 2.24) is 0 Å². The Morgan fingerprint density at radius 3 is 1.50 bits per heavy atom. The fourth-order valence-electron chi connectivity index (χ4n) is 0.356. The van der Waals surface area contributed by atoms with Crippen LogP contribution >= 0.6 is 19.0 Å². The third-order valence-electron chi connectivity index (χ3n) is 0.587. The number of hydrogen-bond donors (Lipinski definition) is 0. The highest BCUT2D eigenvalue weighted by Crippen LogP contribution is 2.45. The van der Waals surface area contributed by atoms with Gasteiger partial charge in [0, 0.05) is 0 Å². The van der Waals surface area contributed by atoms with Gasteiger partial charge in [-0.1, -0.05) is 0 Å². The summed E-state index contributed by atoms with van der Waals surface area (Å²) in [7, 11) is -1.19. The first kappa shape index (κ1) is 10.6. The molecule has 0 aliphatic heterocycles. The first-order chi connectivity index (χ1) is 4.52. The first-order valence-electron chi connectivity index (χ1n) is 3.31. The molecule has 0 amide bonds. The summed E-state index contributed by atoms with van der Waals surface area (Å²) >= 11 is 5.69. The zero-order valence-electron chi connectivity index (χ0n) is 6.80. The fraction of sp³-hybridized carbons (Fsp3) is 1.00. The lowest BCUT2D eigenvalue weighted by molar-refractivity contribution is 0.187. The van der Waals surface area contributed by atoms with Gasteiger partial charge in [0.25, 0.3) is 7.73 Å². The molecule has 0 unspecified atom stereocenters. The Kier molecular flexibility index (Phi) is 5.65. The van der Waals surface area contributed by atoms with Crippen LogP contribution in [0.25, 0.3) is 0 Å². The van der Waals surface area contributed by atoms with Crippen LogP contribution in [0.5, 0.6) is 0 Å². The number of hydrogen-bond acceptors (Lipinski definition) is 2. The standard InChI is InChI=1S/C6H14ClO2P/c1-5(2)8-10(7)9-6(3)4/h5-6H,1-4H3. The van der Waals surface area contributed by atoms with E-state index >= 15 is 0 Å². The molecule has 0 radical (unpaired) electrons. The largest absolute Gasteiger partial charge is 0.319 e. The molecule has 0 aromatic carbocycles. The second-order valence-electron chi connectivity index (χ2n) is 2.52. The molecule has 0 atom stereocenters. The Morgan fingerprint density at radius 1 is 1.00 bits per heavy atom. The van der Waals surface area contributed by atoms with Crippen molar-refractivity contribution in [2.75, 3.05) is 0 Å². The van der Waals surface area contributed by atoms with Crippen molar-refractivity contribution >= 4 is 19.0 Å². The van der Waals surface area contributed by atoms with E-state index in [1.165, 1.54) is 0 Å². The van der Waals surface area contributed by atoms with Crippen LogP contribution in [-0.2, 0) is 9.05 Å². The van der Waals surface area contributed by atoms with Gasteiger partial charge in [-0.05, 0) is 38.9 Å². The fourth-order valence-corrected chi connectivity index (χ4v) is 2.03. The van der Waals surface area contributed by atoms with Crippen molar-refractivity contribution in [3.8, 4) is 0 Å². The van der Waals surface area contributed by atoms with Crippen molar-refractivity contribution < 1.29 is 9.05 Å². The molecule has 4 heteroatoms. The van der Waals surface area contributed by atoms with Crippen LogP contribution in [-0.4, -0.2) is 12.2 Å². The minimum absolute atomic E-state index is 0.141. The zero-order valence-corrected chi connectivity index (χ0v) is 8.45. The summed E-state index contributed by atoms with van der Waals surface area (Å²) < 4.78 is 10.3. The Bertz CT molecular complexity index is 77.8. The van der Waals surface area contributed by atoms with Gasteiger partial charge in [-0.15, -0.1) is 0 Å². The van der Waals surface area contributed by atoms with E-state index in [2.05, 4.69) is 0 Å². The van der Waals surface area contributed by atoms with Crippen LogP contribution < -0.4 is 0 Å². The molecular weight excluding hydrogens is 170 g/mol. The van der Waals surface area contributed by atoms with E-state index < -0.39 is 7.73 Å². The Labute approximate surface area is 68.6 Å². The van der Waals surface area contributed by atoms with E-state index in [0.717, 1.165) is 0 Å². The first-order valence-corrected chi connectivity index (χ1v) is 5.40.